The van der Waals surface area contributed by atoms with E-state index in [4.69, 9.17) is 4.74 Å². The number of nitrogens with one attached hydrogen (secondary N) is 1. The van der Waals surface area contributed by atoms with Gasteiger partial charge in [0.25, 0.3) is 5.56 Å². The molecule has 20 heavy (non-hydrogen) atoms. The van der Waals surface area contributed by atoms with Crippen LogP contribution in [-0.4, -0.2) is 40.8 Å². The largest absolute Gasteiger partial charge is 0.372 e. The Balaban J connectivity index is 2.08. The Morgan fingerprint density at radius 3 is 2.95 bits per heavy atom. The Morgan fingerprint density at radius 1 is 1.50 bits per heavy atom. The summed E-state index contributed by atoms with van der Waals surface area (Å²) in [4.78, 5) is 25.8. The maximum Gasteiger partial charge on any atom is 0.322 e. The van der Waals surface area contributed by atoms with Gasteiger partial charge in [-0.05, 0) is 25.5 Å². The van der Waals surface area contributed by atoms with E-state index in [0.717, 1.165) is 6.42 Å². The van der Waals surface area contributed by atoms with Crippen molar-refractivity contribution in [1.29, 1.82) is 0 Å². The average Bonchev–Trinajstić information content (AvgIpc) is 2.43. The molecule has 1 aromatic heterocycles. The van der Waals surface area contributed by atoms with E-state index in [1.165, 1.54) is 4.57 Å². The highest BCUT2D eigenvalue weighted by molar-refractivity contribution is 5.89. The third kappa shape index (κ3) is 3.19. The zero-order chi connectivity index (χ0) is 14.7. The molecule has 1 fully saturated rings. The lowest BCUT2D eigenvalue weighted by molar-refractivity contribution is -0.0632. The number of aryl methyl sites for hydroxylation is 1. The Morgan fingerprint density at radius 2 is 2.25 bits per heavy atom. The summed E-state index contributed by atoms with van der Waals surface area (Å²) in [5.74, 6) is 0. The molecule has 2 amide bonds. The first-order valence-corrected chi connectivity index (χ1v) is 6.88. The standard InChI is InChI=1S/C14H21N3O3/c1-4-11-9-17(8-10(2)20-11)14(19)15-12-6-5-7-16(3)13(12)18/h5-7,10-11H,4,8-9H2,1-3H3,(H,15,19). The molecule has 6 heteroatoms. The van der Waals surface area contributed by atoms with E-state index in [2.05, 4.69) is 5.32 Å². The van der Waals surface area contributed by atoms with Gasteiger partial charge in [-0.1, -0.05) is 6.92 Å². The van der Waals surface area contributed by atoms with E-state index < -0.39 is 0 Å². The molecule has 2 heterocycles. The Hall–Kier alpha value is -1.82. The second-order valence-corrected chi connectivity index (χ2v) is 5.15. The first-order chi connectivity index (χ1) is 9.51. The first-order valence-electron chi connectivity index (χ1n) is 6.88. The summed E-state index contributed by atoms with van der Waals surface area (Å²) in [7, 11) is 1.65. The summed E-state index contributed by atoms with van der Waals surface area (Å²) in [6.07, 6.45) is 2.59. The number of ether oxygens (including phenoxy) is 1. The maximum absolute atomic E-state index is 12.2. The topological polar surface area (TPSA) is 63.6 Å². The third-order valence-corrected chi connectivity index (χ3v) is 3.43. The van der Waals surface area contributed by atoms with Gasteiger partial charge in [-0.25, -0.2) is 4.79 Å². The summed E-state index contributed by atoms with van der Waals surface area (Å²) >= 11 is 0. The normalized spacial score (nSPS) is 22.6. The van der Waals surface area contributed by atoms with Crippen molar-refractivity contribution >= 4 is 11.7 Å². The van der Waals surface area contributed by atoms with E-state index in [9.17, 15) is 9.59 Å². The fourth-order valence-corrected chi connectivity index (χ4v) is 2.32. The molecule has 0 saturated carbocycles. The van der Waals surface area contributed by atoms with Crippen LogP contribution in [0.15, 0.2) is 23.1 Å². The number of carbonyl (C=O) groups excluding carboxylic acids is 1. The molecule has 1 aliphatic rings. The SMILES string of the molecule is CCC1CN(C(=O)Nc2cccn(C)c2=O)CC(C)O1. The van der Waals surface area contributed by atoms with Gasteiger partial charge < -0.3 is 19.5 Å². The van der Waals surface area contributed by atoms with E-state index >= 15 is 0 Å². The van der Waals surface area contributed by atoms with Gasteiger partial charge >= 0.3 is 6.03 Å². The van der Waals surface area contributed by atoms with Crippen LogP contribution >= 0.6 is 0 Å². The van der Waals surface area contributed by atoms with Gasteiger partial charge in [0.05, 0.1) is 12.2 Å². The van der Waals surface area contributed by atoms with Gasteiger partial charge in [-0.15, -0.1) is 0 Å². The number of anilines is 1. The molecule has 0 bridgehead atoms. The molecule has 110 valence electrons. The predicted molar refractivity (Wildman–Crippen MR) is 76.9 cm³/mol. The fraction of sp³-hybridized carbons (Fsp3) is 0.571. The summed E-state index contributed by atoms with van der Waals surface area (Å²) in [5.41, 5.74) is 0.0846. The molecule has 2 rings (SSSR count). The molecule has 0 aromatic carbocycles. The third-order valence-electron chi connectivity index (χ3n) is 3.43. The summed E-state index contributed by atoms with van der Waals surface area (Å²) in [6.45, 7) is 5.07. The molecule has 6 nitrogen and oxygen atoms in total. The van der Waals surface area contributed by atoms with Crippen molar-refractivity contribution in [2.24, 2.45) is 7.05 Å². The lowest BCUT2D eigenvalue weighted by Gasteiger charge is -2.36. The Labute approximate surface area is 118 Å². The number of aromatic nitrogens is 1. The molecule has 1 N–H and O–H groups in total. The maximum atomic E-state index is 12.2. The smallest absolute Gasteiger partial charge is 0.322 e. The van der Waals surface area contributed by atoms with Crippen molar-refractivity contribution in [3.63, 3.8) is 0 Å². The van der Waals surface area contributed by atoms with Crippen LogP contribution in [0.25, 0.3) is 0 Å². The van der Waals surface area contributed by atoms with Crippen molar-refractivity contribution in [1.82, 2.24) is 9.47 Å². The number of morpholine rings is 1. The first kappa shape index (κ1) is 14.6. The van der Waals surface area contributed by atoms with Gasteiger partial charge in [0, 0.05) is 26.3 Å². The van der Waals surface area contributed by atoms with Crippen LogP contribution < -0.4 is 10.9 Å². The molecule has 2 unspecified atom stereocenters. The van der Waals surface area contributed by atoms with E-state index in [-0.39, 0.29) is 23.8 Å². The number of pyridine rings is 1. The zero-order valence-electron chi connectivity index (χ0n) is 12.1. The van der Waals surface area contributed by atoms with E-state index in [1.807, 2.05) is 13.8 Å². The number of nitrogens with zero attached hydrogens (tertiary/aromatic N) is 2. The number of rotatable bonds is 2. The quantitative estimate of drug-likeness (QED) is 0.890. The minimum atomic E-state index is -0.248. The second kappa shape index (κ2) is 6.09. The Bertz CT molecular complexity index is 541. The van der Waals surface area contributed by atoms with Crippen molar-refractivity contribution < 1.29 is 9.53 Å². The average molecular weight is 279 g/mol. The van der Waals surface area contributed by atoms with Crippen molar-refractivity contribution in [2.45, 2.75) is 32.5 Å². The van der Waals surface area contributed by atoms with Crippen LogP contribution in [0.1, 0.15) is 20.3 Å². The van der Waals surface area contributed by atoms with Gasteiger partial charge in [-0.3, -0.25) is 4.79 Å². The van der Waals surface area contributed by atoms with Crippen molar-refractivity contribution in [2.75, 3.05) is 18.4 Å². The van der Waals surface area contributed by atoms with E-state index in [1.54, 1.807) is 30.3 Å². The zero-order valence-corrected chi connectivity index (χ0v) is 12.1. The number of urea groups is 1. The number of amides is 2. The van der Waals surface area contributed by atoms with Crippen LogP contribution in [0.5, 0.6) is 0 Å². The summed E-state index contributed by atoms with van der Waals surface area (Å²) in [6, 6.07) is 3.09. The van der Waals surface area contributed by atoms with Crippen LogP contribution in [0.3, 0.4) is 0 Å². The minimum Gasteiger partial charge on any atom is -0.372 e. The number of carbonyl (C=O) groups is 1. The van der Waals surface area contributed by atoms with Gasteiger partial charge in [0.15, 0.2) is 0 Å². The van der Waals surface area contributed by atoms with Gasteiger partial charge in [-0.2, -0.15) is 0 Å². The highest BCUT2D eigenvalue weighted by atomic mass is 16.5. The van der Waals surface area contributed by atoms with Crippen LogP contribution in [-0.2, 0) is 11.8 Å². The molecular formula is C14H21N3O3. The van der Waals surface area contributed by atoms with Crippen molar-refractivity contribution in [3.8, 4) is 0 Å². The molecule has 1 saturated heterocycles. The number of hydrogen-bond acceptors (Lipinski definition) is 3. The van der Waals surface area contributed by atoms with Gasteiger partial charge in [0.1, 0.15) is 5.69 Å². The van der Waals surface area contributed by atoms with Crippen LogP contribution in [0.2, 0.25) is 0 Å². The summed E-state index contributed by atoms with van der Waals surface area (Å²) in [5, 5.41) is 2.68. The van der Waals surface area contributed by atoms with Crippen LogP contribution in [0.4, 0.5) is 10.5 Å². The molecule has 2 atom stereocenters. The monoisotopic (exact) mass is 279 g/mol. The highest BCUT2D eigenvalue weighted by Crippen LogP contribution is 2.14. The lowest BCUT2D eigenvalue weighted by atomic mass is 10.2. The van der Waals surface area contributed by atoms with Gasteiger partial charge in [0.2, 0.25) is 0 Å². The molecule has 1 aliphatic heterocycles. The van der Waals surface area contributed by atoms with Crippen molar-refractivity contribution in [3.05, 3.63) is 28.7 Å². The lowest BCUT2D eigenvalue weighted by Crippen LogP contribution is -2.50. The molecule has 1 aromatic rings. The fourth-order valence-electron chi connectivity index (χ4n) is 2.32. The molecular weight excluding hydrogens is 258 g/mol. The number of hydrogen-bond donors (Lipinski definition) is 1. The minimum absolute atomic E-state index is 0.0121. The second-order valence-electron chi connectivity index (χ2n) is 5.15. The predicted octanol–water partition coefficient (Wildman–Crippen LogP) is 1.42. The van der Waals surface area contributed by atoms with E-state index in [0.29, 0.717) is 18.8 Å². The summed E-state index contributed by atoms with van der Waals surface area (Å²) < 4.78 is 7.16. The molecule has 0 aliphatic carbocycles. The Kier molecular flexibility index (Phi) is 4.44. The highest BCUT2D eigenvalue weighted by Gasteiger charge is 2.27. The van der Waals surface area contributed by atoms with Crippen LogP contribution in [0, 0.1) is 0 Å². The molecule has 0 spiro atoms. The molecule has 0 radical (unpaired) electrons.